The van der Waals surface area contributed by atoms with Gasteiger partial charge in [0.25, 0.3) is 0 Å². The molecular weight excluding hydrogens is 404 g/mol. The third kappa shape index (κ3) is 3.80. The third-order valence-corrected chi connectivity index (χ3v) is 4.55. The lowest BCUT2D eigenvalue weighted by Gasteiger charge is -2.20. The standard InChI is InChI=1S/C19H18F4N6O/c1-10(12-8-11(20)4-5-14(12)19(21,22)23)25-15-6-7-29-17(26-15)13(9-24-29)16-27-18(2,3)30-28-16/h4-10H,1-3H3,(H,25,26)(H,27,28). The van der Waals surface area contributed by atoms with E-state index in [-0.39, 0.29) is 5.56 Å². The van der Waals surface area contributed by atoms with Crippen molar-refractivity contribution in [3.63, 3.8) is 0 Å². The molecule has 2 N–H and O–H groups in total. The van der Waals surface area contributed by atoms with Crippen LogP contribution in [0.1, 0.15) is 43.5 Å². The molecule has 3 heterocycles. The van der Waals surface area contributed by atoms with Gasteiger partial charge in [-0.15, -0.1) is 0 Å². The zero-order chi connectivity index (χ0) is 21.7. The van der Waals surface area contributed by atoms with E-state index in [4.69, 9.17) is 4.84 Å². The molecule has 1 atom stereocenters. The van der Waals surface area contributed by atoms with E-state index >= 15 is 0 Å². The molecule has 2 aromatic heterocycles. The number of nitrogens with one attached hydrogen (secondary N) is 2. The fourth-order valence-electron chi connectivity index (χ4n) is 3.17. The van der Waals surface area contributed by atoms with Crippen LogP contribution in [0.4, 0.5) is 23.4 Å². The lowest BCUT2D eigenvalue weighted by atomic mass is 10.0. The molecule has 0 radical (unpaired) electrons. The molecule has 0 fully saturated rings. The van der Waals surface area contributed by atoms with Crippen molar-refractivity contribution in [3.05, 3.63) is 59.2 Å². The summed E-state index contributed by atoms with van der Waals surface area (Å²) in [7, 11) is 0. The Morgan fingerprint density at radius 1 is 1.23 bits per heavy atom. The summed E-state index contributed by atoms with van der Waals surface area (Å²) in [5, 5.41) is 7.10. The molecule has 7 nitrogen and oxygen atoms in total. The number of benzene rings is 1. The lowest BCUT2D eigenvalue weighted by Crippen LogP contribution is -2.23. The minimum Gasteiger partial charge on any atom is -0.363 e. The van der Waals surface area contributed by atoms with Gasteiger partial charge >= 0.3 is 6.18 Å². The molecule has 11 heteroatoms. The molecule has 0 aliphatic carbocycles. The summed E-state index contributed by atoms with van der Waals surface area (Å²) < 4.78 is 55.1. The first-order chi connectivity index (χ1) is 14.0. The molecule has 0 spiro atoms. The van der Waals surface area contributed by atoms with E-state index in [1.54, 1.807) is 32.3 Å². The monoisotopic (exact) mass is 422 g/mol. The van der Waals surface area contributed by atoms with Crippen LogP contribution < -0.4 is 10.8 Å². The fourth-order valence-corrected chi connectivity index (χ4v) is 3.17. The second-order valence-electron chi connectivity index (χ2n) is 7.35. The van der Waals surface area contributed by atoms with Gasteiger partial charge in [0.1, 0.15) is 11.6 Å². The summed E-state index contributed by atoms with van der Waals surface area (Å²) in [6.45, 7) is 5.06. The molecule has 0 bridgehead atoms. The molecule has 30 heavy (non-hydrogen) atoms. The number of hydrogen-bond acceptors (Lipinski definition) is 6. The number of halogens is 4. The summed E-state index contributed by atoms with van der Waals surface area (Å²) >= 11 is 0. The first kappa shape index (κ1) is 20.1. The normalized spacial score (nSPS) is 17.0. The highest BCUT2D eigenvalue weighted by atomic mass is 19.4. The quantitative estimate of drug-likeness (QED) is 0.620. The van der Waals surface area contributed by atoms with Gasteiger partial charge in [0.2, 0.25) is 0 Å². The maximum Gasteiger partial charge on any atom is 0.416 e. The van der Waals surface area contributed by atoms with E-state index in [1.807, 2.05) is 0 Å². The highest BCUT2D eigenvalue weighted by Crippen LogP contribution is 2.36. The van der Waals surface area contributed by atoms with Crippen LogP contribution in [-0.2, 0) is 11.0 Å². The van der Waals surface area contributed by atoms with Crippen molar-refractivity contribution in [1.82, 2.24) is 20.1 Å². The smallest absolute Gasteiger partial charge is 0.363 e. The number of fused-ring (bicyclic) bond motifs is 1. The lowest BCUT2D eigenvalue weighted by molar-refractivity contribution is -0.138. The topological polar surface area (TPSA) is 75.8 Å². The zero-order valence-corrected chi connectivity index (χ0v) is 16.3. The Bertz CT molecular complexity index is 1140. The Morgan fingerprint density at radius 3 is 2.67 bits per heavy atom. The van der Waals surface area contributed by atoms with E-state index < -0.39 is 29.3 Å². The number of hydroxylamine groups is 1. The molecule has 4 rings (SSSR count). The Kier molecular flexibility index (Phi) is 4.64. The molecule has 3 aromatic rings. The van der Waals surface area contributed by atoms with Crippen LogP contribution in [0.15, 0.2) is 41.7 Å². The van der Waals surface area contributed by atoms with Gasteiger partial charge in [-0.3, -0.25) is 0 Å². The molecule has 0 amide bonds. The van der Waals surface area contributed by atoms with Crippen LogP contribution in [-0.4, -0.2) is 26.2 Å². The van der Waals surface area contributed by atoms with Gasteiger partial charge in [0.15, 0.2) is 17.2 Å². The summed E-state index contributed by atoms with van der Waals surface area (Å²) in [4.78, 5) is 14.2. The molecule has 1 unspecified atom stereocenters. The number of aromatic nitrogens is 3. The van der Waals surface area contributed by atoms with Gasteiger partial charge < -0.3 is 5.32 Å². The minimum absolute atomic E-state index is 0.213. The predicted octanol–water partition coefficient (Wildman–Crippen LogP) is 4.08. The summed E-state index contributed by atoms with van der Waals surface area (Å²) in [6, 6.07) is 3.11. The van der Waals surface area contributed by atoms with E-state index in [1.165, 1.54) is 11.4 Å². The third-order valence-electron chi connectivity index (χ3n) is 4.55. The molecule has 158 valence electrons. The van der Waals surface area contributed by atoms with Crippen molar-refractivity contribution in [2.45, 2.75) is 38.7 Å². The molecule has 0 saturated carbocycles. The predicted molar refractivity (Wildman–Crippen MR) is 101 cm³/mol. The van der Waals surface area contributed by atoms with Gasteiger partial charge in [-0.05, 0) is 50.6 Å². The van der Waals surface area contributed by atoms with Crippen molar-refractivity contribution in [3.8, 4) is 0 Å². The summed E-state index contributed by atoms with van der Waals surface area (Å²) in [6.07, 6.45) is -1.44. The second-order valence-corrected chi connectivity index (χ2v) is 7.35. The van der Waals surface area contributed by atoms with E-state index in [0.29, 0.717) is 22.9 Å². The Balaban J connectivity index is 1.67. The number of amidine groups is 1. The van der Waals surface area contributed by atoms with Crippen LogP contribution in [0, 0.1) is 5.82 Å². The van der Waals surface area contributed by atoms with Crippen LogP contribution in [0.25, 0.3) is 5.65 Å². The highest BCUT2D eigenvalue weighted by Gasteiger charge is 2.35. The number of anilines is 1. The van der Waals surface area contributed by atoms with Gasteiger partial charge in [-0.1, -0.05) is 0 Å². The maximum atomic E-state index is 13.6. The average Bonchev–Trinajstić information content (AvgIpc) is 3.22. The molecule has 1 aliphatic heterocycles. The number of nitrogens with zero attached hydrogens (tertiary/aromatic N) is 4. The highest BCUT2D eigenvalue weighted by molar-refractivity contribution is 6.03. The van der Waals surface area contributed by atoms with Gasteiger partial charge in [0.05, 0.1) is 23.4 Å². The summed E-state index contributed by atoms with van der Waals surface area (Å²) in [5.74, 6) is -0.00818. The Morgan fingerprint density at radius 2 is 2.00 bits per heavy atom. The van der Waals surface area contributed by atoms with Crippen molar-refractivity contribution in [2.75, 3.05) is 5.32 Å². The first-order valence-electron chi connectivity index (χ1n) is 9.05. The zero-order valence-electron chi connectivity index (χ0n) is 16.3. The second kappa shape index (κ2) is 6.94. The van der Waals surface area contributed by atoms with E-state index in [2.05, 4.69) is 25.9 Å². The fraction of sp³-hybridized carbons (Fsp3) is 0.316. The van der Waals surface area contributed by atoms with E-state index in [9.17, 15) is 17.6 Å². The van der Waals surface area contributed by atoms with Gasteiger partial charge in [-0.2, -0.15) is 18.3 Å². The van der Waals surface area contributed by atoms with E-state index in [0.717, 1.165) is 18.2 Å². The number of rotatable bonds is 4. The largest absolute Gasteiger partial charge is 0.416 e. The average molecular weight is 422 g/mol. The SMILES string of the molecule is CC(Nc1ccn2ncc(C3=NC(C)(C)ON3)c2n1)c1cc(F)ccc1C(F)(F)F. The van der Waals surface area contributed by atoms with Gasteiger partial charge in [-0.25, -0.2) is 29.2 Å². The van der Waals surface area contributed by atoms with Crippen molar-refractivity contribution in [1.29, 1.82) is 0 Å². The minimum atomic E-state index is -4.60. The molecular formula is C19H18F4N6O. The Labute approximate surface area is 168 Å². The number of aliphatic imine (C=N–C) groups is 1. The van der Waals surface area contributed by atoms with Crippen molar-refractivity contribution in [2.24, 2.45) is 4.99 Å². The summed E-state index contributed by atoms with van der Waals surface area (Å²) in [5.41, 5.74) is 1.85. The maximum absolute atomic E-state index is 13.6. The molecule has 1 aliphatic rings. The van der Waals surface area contributed by atoms with Crippen molar-refractivity contribution < 1.29 is 22.4 Å². The first-order valence-corrected chi connectivity index (χ1v) is 9.05. The van der Waals surface area contributed by atoms with Crippen LogP contribution in [0.3, 0.4) is 0 Å². The molecule has 1 aromatic carbocycles. The van der Waals surface area contributed by atoms with Crippen LogP contribution in [0.2, 0.25) is 0 Å². The van der Waals surface area contributed by atoms with Crippen LogP contribution in [0.5, 0.6) is 0 Å². The molecule has 0 saturated heterocycles. The number of alkyl halides is 3. The van der Waals surface area contributed by atoms with Crippen molar-refractivity contribution >= 4 is 17.3 Å². The Hall–Kier alpha value is -3.21. The number of hydrogen-bond donors (Lipinski definition) is 2. The van der Waals surface area contributed by atoms with Gasteiger partial charge in [0, 0.05) is 6.20 Å². The van der Waals surface area contributed by atoms with Crippen LogP contribution >= 0.6 is 0 Å².